The molecule has 15 heteroatoms. The Balaban J connectivity index is -0.000000693. The van der Waals surface area contributed by atoms with Gasteiger partial charge in [0.1, 0.15) is 44.7 Å². The summed E-state index contributed by atoms with van der Waals surface area (Å²) in [4.78, 5) is 44.9. The Kier molecular flexibility index (Phi) is 35.9. The molecule has 61 heavy (non-hydrogen) atoms. The molecule has 0 aromatic carbocycles. The number of rotatable bonds is 26. The predicted octanol–water partition coefficient (Wildman–Crippen LogP) is 7.14. The van der Waals surface area contributed by atoms with Crippen molar-refractivity contribution < 1.29 is 71.3 Å². The number of hydrogen-bond acceptors (Lipinski definition) is 15. The van der Waals surface area contributed by atoms with Crippen molar-refractivity contribution in [1.82, 2.24) is 0 Å². The SMILES string of the molecule is C=CC(=O)OCC(COC)OC.C=CCOC(=O)C(C)(C)CC.C=CCOCC(COC)OC.CCC(C)(C)C(=O)OCC1CO1.CCC1(COC(=O)C(C)(C)CC)COC1. The third kappa shape index (κ3) is 30.5. The van der Waals surface area contributed by atoms with Gasteiger partial charge in [-0.2, -0.15) is 0 Å². The number of epoxide rings is 1. The lowest BCUT2D eigenvalue weighted by atomic mass is 9.84. The van der Waals surface area contributed by atoms with E-state index in [0.717, 1.165) is 51.6 Å². The zero-order valence-corrected chi connectivity index (χ0v) is 40.3. The normalized spacial score (nSPS) is 15.8. The third-order valence-electron chi connectivity index (χ3n) is 10.0. The summed E-state index contributed by atoms with van der Waals surface area (Å²) in [5, 5.41) is 0. The van der Waals surface area contributed by atoms with E-state index >= 15 is 0 Å². The summed E-state index contributed by atoms with van der Waals surface area (Å²) in [7, 11) is 6.37. The van der Waals surface area contributed by atoms with Crippen LogP contribution in [0.3, 0.4) is 0 Å². The second-order valence-corrected chi connectivity index (χ2v) is 16.4. The van der Waals surface area contributed by atoms with Crippen molar-refractivity contribution in [2.45, 2.75) is 113 Å². The van der Waals surface area contributed by atoms with Crippen LogP contribution in [0.4, 0.5) is 0 Å². The first-order chi connectivity index (χ1) is 28.6. The summed E-state index contributed by atoms with van der Waals surface area (Å²) in [6, 6.07) is 0. The molecule has 3 atom stereocenters. The highest BCUT2D eigenvalue weighted by Gasteiger charge is 2.39. The lowest BCUT2D eigenvalue weighted by Gasteiger charge is -2.40. The molecule has 0 saturated carbocycles. The van der Waals surface area contributed by atoms with Crippen LogP contribution in [0.5, 0.6) is 0 Å². The molecule has 2 fully saturated rings. The lowest BCUT2D eigenvalue weighted by Crippen LogP contribution is -2.47. The molecule has 0 aromatic rings. The van der Waals surface area contributed by atoms with Crippen molar-refractivity contribution in [2.75, 3.05) is 101 Å². The quantitative estimate of drug-likeness (QED) is 0.0214. The van der Waals surface area contributed by atoms with E-state index in [1.165, 1.54) is 7.11 Å². The van der Waals surface area contributed by atoms with E-state index in [2.05, 4.69) is 26.7 Å². The molecule has 2 rings (SSSR count). The minimum absolute atomic E-state index is 0.0277. The largest absolute Gasteiger partial charge is 0.465 e. The summed E-state index contributed by atoms with van der Waals surface area (Å²) >= 11 is 0. The first-order valence-electron chi connectivity index (χ1n) is 21.0. The molecule has 358 valence electrons. The fourth-order valence-corrected chi connectivity index (χ4v) is 3.74. The van der Waals surface area contributed by atoms with Crippen LogP contribution in [0.1, 0.15) is 94.9 Å². The van der Waals surface area contributed by atoms with E-state index in [0.29, 0.717) is 46.2 Å². The second-order valence-electron chi connectivity index (χ2n) is 16.4. The first-order valence-corrected chi connectivity index (χ1v) is 21.0. The van der Waals surface area contributed by atoms with Crippen LogP contribution in [0, 0.1) is 21.7 Å². The van der Waals surface area contributed by atoms with Crippen LogP contribution in [-0.4, -0.2) is 143 Å². The molecular formula is C46H84O15. The average molecular weight is 877 g/mol. The van der Waals surface area contributed by atoms with Gasteiger partial charge >= 0.3 is 23.9 Å². The molecule has 0 N–H and O–H groups in total. The number of carbonyl (C=O) groups is 4. The predicted molar refractivity (Wildman–Crippen MR) is 236 cm³/mol. The maximum absolute atomic E-state index is 11.7. The van der Waals surface area contributed by atoms with Crippen LogP contribution in [-0.2, 0) is 71.3 Å². The summed E-state index contributed by atoms with van der Waals surface area (Å²) in [6.07, 6.45) is 7.79. The van der Waals surface area contributed by atoms with Gasteiger partial charge in [-0.05, 0) is 67.2 Å². The maximum Gasteiger partial charge on any atom is 0.330 e. The van der Waals surface area contributed by atoms with Crippen molar-refractivity contribution in [3.05, 3.63) is 38.0 Å². The average Bonchev–Trinajstić information content (AvgIpc) is 4.08. The number of carbonyl (C=O) groups excluding carboxylic acids is 4. The van der Waals surface area contributed by atoms with Crippen LogP contribution < -0.4 is 0 Å². The number of esters is 4. The number of ether oxygens (including phenoxy) is 11. The van der Waals surface area contributed by atoms with Crippen LogP contribution in [0.15, 0.2) is 38.0 Å². The van der Waals surface area contributed by atoms with E-state index in [1.807, 2.05) is 62.3 Å². The Labute approximate surface area is 368 Å². The molecule has 2 heterocycles. The van der Waals surface area contributed by atoms with Gasteiger partial charge in [-0.3, -0.25) is 14.4 Å². The molecule has 0 bridgehead atoms. The van der Waals surface area contributed by atoms with Gasteiger partial charge in [-0.15, -0.1) is 6.58 Å². The smallest absolute Gasteiger partial charge is 0.330 e. The molecule has 15 nitrogen and oxygen atoms in total. The zero-order valence-electron chi connectivity index (χ0n) is 40.3. The Bertz CT molecular complexity index is 1200. The Morgan fingerprint density at radius 2 is 1.10 bits per heavy atom. The summed E-state index contributed by atoms with van der Waals surface area (Å²) in [5.74, 6) is -0.821. The topological polar surface area (TPSA) is 173 Å². The molecule has 0 aliphatic carbocycles. The molecule has 0 spiro atoms. The van der Waals surface area contributed by atoms with Gasteiger partial charge in [0.25, 0.3) is 0 Å². The standard InChI is InChI=1S/C12H22O3.C9H16O3.C9H16O2.C8H14O4.C8H16O3/c1-5-11(3,4)10(13)15-9-12(6-2)7-14-8-12;1-4-9(2,3)8(10)12-6-7-5-11-7;1-5-7-11-8(10)9(3,4)6-2;1-4-8(9)12-6-7(11-3)5-10-2;1-4-5-11-7-8(10-3)6-9-2/h5-9H2,1-4H3;7H,4-6H2,1-3H3;5H,1,6-7H2,2-4H3;4,7H,1,5-6H2,2-3H3;4,8H,1,5-7H2,2-3H3. The van der Waals surface area contributed by atoms with Crippen molar-refractivity contribution >= 4 is 23.9 Å². The van der Waals surface area contributed by atoms with Crippen LogP contribution in [0.2, 0.25) is 0 Å². The molecular weight excluding hydrogens is 792 g/mol. The highest BCUT2D eigenvalue weighted by Crippen LogP contribution is 2.33. The molecule has 0 radical (unpaired) electrons. The van der Waals surface area contributed by atoms with Gasteiger partial charge in [0.2, 0.25) is 0 Å². The fraction of sp³-hybridized carbons (Fsp3) is 0.783. The zero-order chi connectivity index (χ0) is 47.5. The van der Waals surface area contributed by atoms with Crippen molar-refractivity contribution in [3.8, 4) is 0 Å². The summed E-state index contributed by atoms with van der Waals surface area (Å²) in [5.41, 5.74) is -0.975. The van der Waals surface area contributed by atoms with Crippen LogP contribution >= 0.6 is 0 Å². The lowest BCUT2D eigenvalue weighted by molar-refractivity contribution is -0.178. The van der Waals surface area contributed by atoms with Crippen molar-refractivity contribution in [2.24, 2.45) is 21.7 Å². The first kappa shape index (κ1) is 62.1. The fourth-order valence-electron chi connectivity index (χ4n) is 3.74. The van der Waals surface area contributed by atoms with Gasteiger partial charge in [-0.1, -0.05) is 53.0 Å². The molecule has 2 saturated heterocycles. The van der Waals surface area contributed by atoms with Crippen molar-refractivity contribution in [3.63, 3.8) is 0 Å². The third-order valence-corrected chi connectivity index (χ3v) is 10.0. The second kappa shape index (κ2) is 35.3. The molecule has 2 aliphatic heterocycles. The summed E-state index contributed by atoms with van der Waals surface area (Å²) in [6.45, 7) is 35.4. The van der Waals surface area contributed by atoms with Crippen molar-refractivity contribution in [1.29, 1.82) is 0 Å². The Morgan fingerprint density at radius 1 is 0.656 bits per heavy atom. The van der Waals surface area contributed by atoms with Gasteiger partial charge in [0, 0.05) is 34.5 Å². The molecule has 3 unspecified atom stereocenters. The summed E-state index contributed by atoms with van der Waals surface area (Å²) < 4.78 is 55.1. The van der Waals surface area contributed by atoms with Gasteiger partial charge in [0.05, 0.1) is 67.9 Å². The van der Waals surface area contributed by atoms with Gasteiger partial charge < -0.3 is 52.1 Å². The molecule has 0 aromatic heterocycles. The van der Waals surface area contributed by atoms with Gasteiger partial charge in [0.15, 0.2) is 0 Å². The molecule has 2 aliphatic rings. The van der Waals surface area contributed by atoms with E-state index in [4.69, 9.17) is 52.1 Å². The number of methoxy groups -OCH3 is 4. The minimum Gasteiger partial charge on any atom is -0.465 e. The van der Waals surface area contributed by atoms with Gasteiger partial charge in [-0.25, -0.2) is 4.79 Å². The highest BCUT2D eigenvalue weighted by molar-refractivity contribution is 5.81. The monoisotopic (exact) mass is 877 g/mol. The minimum atomic E-state index is -0.451. The highest BCUT2D eigenvalue weighted by atomic mass is 16.6. The van der Waals surface area contributed by atoms with E-state index < -0.39 is 5.97 Å². The molecule has 0 amide bonds. The number of hydrogen-bond donors (Lipinski definition) is 0. The van der Waals surface area contributed by atoms with Crippen LogP contribution in [0.25, 0.3) is 0 Å². The Hall–Kier alpha value is -3.18. The van der Waals surface area contributed by atoms with E-state index in [-0.39, 0.29) is 64.5 Å². The maximum atomic E-state index is 11.7. The van der Waals surface area contributed by atoms with E-state index in [1.54, 1.807) is 33.5 Å². The van der Waals surface area contributed by atoms with E-state index in [9.17, 15) is 19.2 Å². The Morgan fingerprint density at radius 3 is 1.44 bits per heavy atom.